The molecule has 0 saturated carbocycles. The van der Waals surface area contributed by atoms with E-state index in [1.54, 1.807) is 0 Å². The molecule has 0 radical (unpaired) electrons. The van der Waals surface area contributed by atoms with Crippen LogP contribution in [0.2, 0.25) is 0 Å². The number of hydrogen-bond donors (Lipinski definition) is 2. The molecule has 1 aromatic carbocycles. The highest BCUT2D eigenvalue weighted by molar-refractivity contribution is 5.93. The Morgan fingerprint density at radius 3 is 2.50 bits per heavy atom. The molecule has 6 heteroatoms. The smallest absolute Gasteiger partial charge is 0.371 e. The standard InChI is InChI=1S/C16H15NO5/c18-15(12-6-7-13(22-12)16(19)20)17-11-8-9-21-14(11)10-4-2-1-3-5-10/h1-7,11,14H,8-9H2,(H,17,18)(H,19,20). The van der Waals surface area contributed by atoms with Crippen LogP contribution >= 0.6 is 0 Å². The maximum atomic E-state index is 12.2. The molecule has 22 heavy (non-hydrogen) atoms. The number of ether oxygens (including phenoxy) is 1. The van der Waals surface area contributed by atoms with Crippen LogP contribution in [0.5, 0.6) is 0 Å². The summed E-state index contributed by atoms with van der Waals surface area (Å²) < 4.78 is 10.7. The number of carboxylic acids is 1. The van der Waals surface area contributed by atoms with Crippen molar-refractivity contribution in [3.63, 3.8) is 0 Å². The highest BCUT2D eigenvalue weighted by Crippen LogP contribution is 2.29. The highest BCUT2D eigenvalue weighted by atomic mass is 16.5. The number of nitrogens with one attached hydrogen (secondary N) is 1. The Kier molecular flexibility index (Phi) is 3.93. The first kappa shape index (κ1) is 14.3. The van der Waals surface area contributed by atoms with E-state index in [2.05, 4.69) is 5.32 Å². The van der Waals surface area contributed by atoms with Gasteiger partial charge in [0, 0.05) is 6.61 Å². The largest absolute Gasteiger partial charge is 0.475 e. The first-order valence-corrected chi connectivity index (χ1v) is 6.95. The SMILES string of the molecule is O=C(O)c1ccc(C(=O)NC2CCOC2c2ccccc2)o1. The molecular formula is C16H15NO5. The number of aromatic carboxylic acids is 1. The predicted octanol–water partition coefficient (Wildman–Crippen LogP) is 2.24. The fourth-order valence-electron chi connectivity index (χ4n) is 2.52. The van der Waals surface area contributed by atoms with Crippen LogP contribution in [0.25, 0.3) is 0 Å². The molecule has 6 nitrogen and oxygen atoms in total. The summed E-state index contributed by atoms with van der Waals surface area (Å²) in [5.41, 5.74) is 0.996. The van der Waals surface area contributed by atoms with Crippen molar-refractivity contribution >= 4 is 11.9 Å². The Bertz CT molecular complexity index is 679. The van der Waals surface area contributed by atoms with Gasteiger partial charge in [0.05, 0.1) is 6.04 Å². The fraction of sp³-hybridized carbons (Fsp3) is 0.250. The molecule has 1 aromatic heterocycles. The number of carboxylic acid groups (broad SMARTS) is 1. The molecule has 1 saturated heterocycles. The third-order valence-corrected chi connectivity index (χ3v) is 3.58. The van der Waals surface area contributed by atoms with Crippen LogP contribution in [-0.2, 0) is 4.74 Å². The molecular weight excluding hydrogens is 286 g/mol. The highest BCUT2D eigenvalue weighted by Gasteiger charge is 2.31. The normalized spacial score (nSPS) is 20.7. The Morgan fingerprint density at radius 1 is 1.09 bits per heavy atom. The monoisotopic (exact) mass is 301 g/mol. The Labute approximate surface area is 126 Å². The summed E-state index contributed by atoms with van der Waals surface area (Å²) in [5.74, 6) is -1.92. The molecule has 2 atom stereocenters. The van der Waals surface area contributed by atoms with Crippen molar-refractivity contribution in [3.05, 3.63) is 59.5 Å². The summed E-state index contributed by atoms with van der Waals surface area (Å²) in [4.78, 5) is 22.9. The lowest BCUT2D eigenvalue weighted by Gasteiger charge is -2.19. The minimum Gasteiger partial charge on any atom is -0.475 e. The number of rotatable bonds is 4. The molecule has 1 amide bonds. The van der Waals surface area contributed by atoms with Crippen molar-refractivity contribution in [2.45, 2.75) is 18.6 Å². The summed E-state index contributed by atoms with van der Waals surface area (Å²) in [5, 5.41) is 11.7. The lowest BCUT2D eigenvalue weighted by Crippen LogP contribution is -2.36. The van der Waals surface area contributed by atoms with Gasteiger partial charge in [-0.25, -0.2) is 4.79 Å². The van der Waals surface area contributed by atoms with Gasteiger partial charge in [-0.15, -0.1) is 0 Å². The number of carbonyl (C=O) groups excluding carboxylic acids is 1. The van der Waals surface area contributed by atoms with Gasteiger partial charge < -0.3 is 19.6 Å². The summed E-state index contributed by atoms with van der Waals surface area (Å²) in [6, 6.07) is 12.1. The molecule has 2 heterocycles. The van der Waals surface area contributed by atoms with Crippen molar-refractivity contribution in [2.24, 2.45) is 0 Å². The third-order valence-electron chi connectivity index (χ3n) is 3.58. The molecule has 2 aromatic rings. The summed E-state index contributed by atoms with van der Waals surface area (Å²) in [6.07, 6.45) is 0.483. The number of benzene rings is 1. The van der Waals surface area contributed by atoms with E-state index in [0.29, 0.717) is 13.0 Å². The van der Waals surface area contributed by atoms with Crippen LogP contribution in [-0.4, -0.2) is 29.6 Å². The van der Waals surface area contributed by atoms with Gasteiger partial charge in [-0.3, -0.25) is 4.79 Å². The molecule has 0 aliphatic carbocycles. The lowest BCUT2D eigenvalue weighted by molar-refractivity contribution is 0.0657. The zero-order chi connectivity index (χ0) is 15.5. The van der Waals surface area contributed by atoms with Crippen LogP contribution in [0.15, 0.2) is 46.9 Å². The third kappa shape index (κ3) is 2.87. The molecule has 1 aliphatic rings. The van der Waals surface area contributed by atoms with Gasteiger partial charge in [0.1, 0.15) is 6.10 Å². The second-order valence-corrected chi connectivity index (χ2v) is 5.04. The van der Waals surface area contributed by atoms with Crippen LogP contribution in [0, 0.1) is 0 Å². The van der Waals surface area contributed by atoms with Gasteiger partial charge in [-0.2, -0.15) is 0 Å². The summed E-state index contributed by atoms with van der Waals surface area (Å²) in [6.45, 7) is 0.559. The van der Waals surface area contributed by atoms with E-state index in [0.717, 1.165) is 5.56 Å². The molecule has 2 unspecified atom stereocenters. The van der Waals surface area contributed by atoms with Crippen molar-refractivity contribution < 1.29 is 23.8 Å². The zero-order valence-electron chi connectivity index (χ0n) is 11.7. The van der Waals surface area contributed by atoms with Gasteiger partial charge in [-0.1, -0.05) is 30.3 Å². The average molecular weight is 301 g/mol. The lowest BCUT2D eigenvalue weighted by atomic mass is 10.0. The van der Waals surface area contributed by atoms with Gasteiger partial charge >= 0.3 is 5.97 Å². The first-order chi connectivity index (χ1) is 10.6. The zero-order valence-corrected chi connectivity index (χ0v) is 11.7. The van der Waals surface area contributed by atoms with E-state index in [1.165, 1.54) is 12.1 Å². The van der Waals surface area contributed by atoms with Crippen LogP contribution in [0.4, 0.5) is 0 Å². The molecule has 2 N–H and O–H groups in total. The van der Waals surface area contributed by atoms with E-state index in [1.807, 2.05) is 30.3 Å². The van der Waals surface area contributed by atoms with Crippen molar-refractivity contribution in [2.75, 3.05) is 6.61 Å². The molecule has 1 aliphatic heterocycles. The summed E-state index contributed by atoms with van der Waals surface area (Å²) >= 11 is 0. The number of hydrogen-bond acceptors (Lipinski definition) is 4. The quantitative estimate of drug-likeness (QED) is 0.904. The minimum absolute atomic E-state index is 0.0175. The second kappa shape index (κ2) is 6.03. The topological polar surface area (TPSA) is 88.8 Å². The number of carbonyl (C=O) groups is 2. The van der Waals surface area contributed by atoms with Crippen molar-refractivity contribution in [1.29, 1.82) is 0 Å². The first-order valence-electron chi connectivity index (χ1n) is 6.95. The van der Waals surface area contributed by atoms with Gasteiger partial charge in [0.25, 0.3) is 5.91 Å². The van der Waals surface area contributed by atoms with E-state index in [9.17, 15) is 9.59 Å². The molecule has 1 fully saturated rings. The number of amides is 1. The Hall–Kier alpha value is -2.60. The molecule has 0 spiro atoms. The van der Waals surface area contributed by atoms with Crippen LogP contribution < -0.4 is 5.32 Å². The van der Waals surface area contributed by atoms with Gasteiger partial charge in [0.2, 0.25) is 5.76 Å². The number of furan rings is 1. The van der Waals surface area contributed by atoms with Crippen LogP contribution in [0.1, 0.15) is 39.2 Å². The fourth-order valence-corrected chi connectivity index (χ4v) is 2.52. The average Bonchev–Trinajstić information content (AvgIpc) is 3.17. The summed E-state index contributed by atoms with van der Waals surface area (Å²) in [7, 11) is 0. The van der Waals surface area contributed by atoms with E-state index < -0.39 is 11.9 Å². The van der Waals surface area contributed by atoms with Gasteiger partial charge in [-0.05, 0) is 24.1 Å². The second-order valence-electron chi connectivity index (χ2n) is 5.04. The molecule has 3 rings (SSSR count). The predicted molar refractivity (Wildman–Crippen MR) is 76.7 cm³/mol. The van der Waals surface area contributed by atoms with Crippen molar-refractivity contribution in [1.82, 2.24) is 5.32 Å². The Morgan fingerprint density at radius 2 is 1.82 bits per heavy atom. The van der Waals surface area contributed by atoms with Gasteiger partial charge in [0.15, 0.2) is 5.76 Å². The minimum atomic E-state index is -1.20. The maximum absolute atomic E-state index is 12.2. The molecule has 114 valence electrons. The van der Waals surface area contributed by atoms with Crippen molar-refractivity contribution in [3.8, 4) is 0 Å². The maximum Gasteiger partial charge on any atom is 0.371 e. The molecule has 0 bridgehead atoms. The van der Waals surface area contributed by atoms with E-state index in [4.69, 9.17) is 14.3 Å². The van der Waals surface area contributed by atoms with E-state index in [-0.39, 0.29) is 23.7 Å². The van der Waals surface area contributed by atoms with E-state index >= 15 is 0 Å². The Balaban J connectivity index is 1.71. The van der Waals surface area contributed by atoms with Crippen LogP contribution in [0.3, 0.4) is 0 Å².